The Morgan fingerprint density at radius 3 is 2.67 bits per heavy atom. The predicted molar refractivity (Wildman–Crippen MR) is 75.1 cm³/mol. The molecule has 1 saturated heterocycles. The molecular weight excluding hydrogens is 268 g/mol. The minimum Gasteiger partial charge on any atom is -0.410 e. The fourth-order valence-corrected chi connectivity index (χ4v) is 2.46. The van der Waals surface area contributed by atoms with Crippen molar-refractivity contribution >= 4 is 6.09 Å². The monoisotopic (exact) mass is 284 g/mol. The second kappa shape index (κ2) is 4.87. The van der Waals surface area contributed by atoms with Gasteiger partial charge in [0.15, 0.2) is 0 Å². The van der Waals surface area contributed by atoms with Gasteiger partial charge in [-0.05, 0) is 25.0 Å². The van der Waals surface area contributed by atoms with Gasteiger partial charge in [0, 0.05) is 25.2 Å². The van der Waals surface area contributed by atoms with Crippen LogP contribution < -0.4 is 4.74 Å². The van der Waals surface area contributed by atoms with Crippen molar-refractivity contribution in [2.45, 2.75) is 24.8 Å². The summed E-state index contributed by atoms with van der Waals surface area (Å²) in [6, 6.07) is 9.34. The van der Waals surface area contributed by atoms with Crippen LogP contribution in [-0.4, -0.2) is 39.1 Å². The highest BCUT2D eigenvalue weighted by Crippen LogP contribution is 2.39. The third kappa shape index (κ3) is 2.49. The first-order valence-electron chi connectivity index (χ1n) is 7.23. The van der Waals surface area contributed by atoms with Gasteiger partial charge in [-0.3, -0.25) is 0 Å². The summed E-state index contributed by atoms with van der Waals surface area (Å²) in [5.74, 6) is 1.18. The maximum absolute atomic E-state index is 12.0. The molecule has 2 aliphatic rings. The highest BCUT2D eigenvalue weighted by atomic mass is 16.6. The van der Waals surface area contributed by atoms with E-state index < -0.39 is 0 Å². The van der Waals surface area contributed by atoms with E-state index in [-0.39, 0.29) is 12.1 Å². The Morgan fingerprint density at radius 1 is 1.19 bits per heavy atom. The summed E-state index contributed by atoms with van der Waals surface area (Å²) in [5, 5.41) is 8.36. The molecule has 1 amide bonds. The Bertz CT molecular complexity index is 645. The molecule has 1 aliphatic carbocycles. The van der Waals surface area contributed by atoms with Crippen LogP contribution in [0.15, 0.2) is 36.5 Å². The molecule has 2 aromatic rings. The molecule has 0 N–H and O–H groups in total. The van der Waals surface area contributed by atoms with E-state index >= 15 is 0 Å². The predicted octanol–water partition coefficient (Wildman–Crippen LogP) is 2.21. The number of hydrogen-bond acceptors (Lipinski definition) is 4. The van der Waals surface area contributed by atoms with Crippen molar-refractivity contribution in [1.82, 2.24) is 19.9 Å². The van der Waals surface area contributed by atoms with E-state index in [0.717, 1.165) is 5.69 Å². The Labute approximate surface area is 122 Å². The third-order valence-corrected chi connectivity index (χ3v) is 3.97. The fraction of sp³-hybridized carbons (Fsp3) is 0.400. The lowest BCUT2D eigenvalue weighted by Crippen LogP contribution is -2.51. The van der Waals surface area contributed by atoms with Crippen LogP contribution in [0.1, 0.15) is 30.5 Å². The summed E-state index contributed by atoms with van der Waals surface area (Å²) in [7, 11) is 0. The average molecular weight is 284 g/mol. The van der Waals surface area contributed by atoms with E-state index in [0.29, 0.717) is 24.8 Å². The Hall–Kier alpha value is -2.37. The van der Waals surface area contributed by atoms with Gasteiger partial charge < -0.3 is 9.64 Å². The quantitative estimate of drug-likeness (QED) is 0.867. The highest BCUT2D eigenvalue weighted by Gasteiger charge is 2.35. The lowest BCUT2D eigenvalue weighted by Gasteiger charge is -2.37. The summed E-state index contributed by atoms with van der Waals surface area (Å²) in [5.41, 5.74) is 1.08. The maximum Gasteiger partial charge on any atom is 0.415 e. The van der Waals surface area contributed by atoms with Crippen molar-refractivity contribution < 1.29 is 9.53 Å². The van der Waals surface area contributed by atoms with Crippen LogP contribution in [0, 0.1) is 0 Å². The van der Waals surface area contributed by atoms with Crippen LogP contribution in [0.2, 0.25) is 0 Å². The molecule has 4 rings (SSSR count). The van der Waals surface area contributed by atoms with E-state index in [4.69, 9.17) is 4.74 Å². The largest absolute Gasteiger partial charge is 0.415 e. The molecule has 2 fully saturated rings. The first-order chi connectivity index (χ1) is 10.3. The molecule has 1 aliphatic heterocycles. The Morgan fingerprint density at radius 2 is 1.95 bits per heavy atom. The van der Waals surface area contributed by atoms with Crippen LogP contribution >= 0.6 is 0 Å². The minimum atomic E-state index is -0.306. The van der Waals surface area contributed by atoms with Gasteiger partial charge in [0.25, 0.3) is 0 Å². The number of aromatic nitrogens is 3. The van der Waals surface area contributed by atoms with E-state index in [1.54, 1.807) is 17.0 Å². The average Bonchev–Trinajstić information content (AvgIpc) is 3.18. The molecule has 0 radical (unpaired) electrons. The van der Waals surface area contributed by atoms with Gasteiger partial charge >= 0.3 is 6.09 Å². The molecule has 6 heteroatoms. The fourth-order valence-electron chi connectivity index (χ4n) is 2.46. The molecule has 1 aromatic carbocycles. The number of likely N-dealkylation sites (tertiary alicyclic amines) is 1. The van der Waals surface area contributed by atoms with Gasteiger partial charge in [0.2, 0.25) is 0 Å². The number of ether oxygens (including phenoxy) is 1. The van der Waals surface area contributed by atoms with E-state index in [1.807, 2.05) is 29.1 Å². The number of carbonyl (C=O) groups is 1. The topological polar surface area (TPSA) is 60.2 Å². The molecule has 1 saturated carbocycles. The Balaban J connectivity index is 1.32. The molecule has 2 heterocycles. The summed E-state index contributed by atoms with van der Waals surface area (Å²) >= 11 is 0. The van der Waals surface area contributed by atoms with Crippen molar-refractivity contribution in [3.63, 3.8) is 0 Å². The zero-order valence-electron chi connectivity index (χ0n) is 11.6. The van der Waals surface area contributed by atoms with E-state index in [2.05, 4.69) is 10.3 Å². The molecule has 108 valence electrons. The maximum atomic E-state index is 12.0. The molecule has 0 bridgehead atoms. The summed E-state index contributed by atoms with van der Waals surface area (Å²) in [6.07, 6.45) is 4.15. The number of rotatable bonds is 3. The van der Waals surface area contributed by atoms with Crippen molar-refractivity contribution in [3.05, 3.63) is 42.2 Å². The Kier molecular flexibility index (Phi) is 2.87. The first kappa shape index (κ1) is 12.4. The normalized spacial score (nSPS) is 18.4. The number of hydrogen-bond donors (Lipinski definition) is 0. The lowest BCUT2D eigenvalue weighted by atomic mass is 10.1. The third-order valence-electron chi connectivity index (χ3n) is 3.97. The van der Waals surface area contributed by atoms with Crippen LogP contribution in [0.25, 0.3) is 0 Å². The number of benzene rings is 1. The number of nitrogens with zero attached hydrogens (tertiary/aromatic N) is 4. The molecule has 0 spiro atoms. The van der Waals surface area contributed by atoms with Crippen molar-refractivity contribution in [3.8, 4) is 5.75 Å². The van der Waals surface area contributed by atoms with Gasteiger partial charge in [-0.25, -0.2) is 9.48 Å². The second-order valence-corrected chi connectivity index (χ2v) is 5.64. The SMILES string of the molecule is O=C(Oc1ccccc1)N1CC(n2cc(C3CC3)nn2)C1. The van der Waals surface area contributed by atoms with Gasteiger partial charge in [-0.15, -0.1) is 5.10 Å². The van der Waals surface area contributed by atoms with Crippen LogP contribution in [0.5, 0.6) is 5.75 Å². The first-order valence-corrected chi connectivity index (χ1v) is 7.23. The van der Waals surface area contributed by atoms with Gasteiger partial charge in [-0.1, -0.05) is 23.4 Å². The van der Waals surface area contributed by atoms with Gasteiger partial charge in [0.1, 0.15) is 5.75 Å². The summed E-state index contributed by atoms with van der Waals surface area (Å²) in [6.45, 7) is 1.25. The van der Waals surface area contributed by atoms with Crippen molar-refractivity contribution in [1.29, 1.82) is 0 Å². The van der Waals surface area contributed by atoms with Gasteiger partial charge in [-0.2, -0.15) is 0 Å². The lowest BCUT2D eigenvalue weighted by molar-refractivity contribution is 0.0858. The smallest absolute Gasteiger partial charge is 0.410 e. The van der Waals surface area contributed by atoms with Crippen LogP contribution in [-0.2, 0) is 0 Å². The minimum absolute atomic E-state index is 0.216. The van der Waals surface area contributed by atoms with Crippen LogP contribution in [0.4, 0.5) is 4.79 Å². The van der Waals surface area contributed by atoms with Crippen molar-refractivity contribution in [2.75, 3.05) is 13.1 Å². The number of para-hydroxylation sites is 1. The summed E-state index contributed by atoms with van der Waals surface area (Å²) < 4.78 is 7.17. The van der Waals surface area contributed by atoms with E-state index in [9.17, 15) is 4.79 Å². The van der Waals surface area contributed by atoms with Crippen molar-refractivity contribution in [2.24, 2.45) is 0 Å². The standard InChI is InChI=1S/C15H16N4O2/c20-15(21-13-4-2-1-3-5-13)18-8-12(9-18)19-10-14(16-17-19)11-6-7-11/h1-5,10-12H,6-9H2. The zero-order valence-corrected chi connectivity index (χ0v) is 11.6. The second-order valence-electron chi connectivity index (χ2n) is 5.64. The highest BCUT2D eigenvalue weighted by molar-refractivity contribution is 5.71. The molecule has 0 unspecified atom stereocenters. The number of amides is 1. The zero-order chi connectivity index (χ0) is 14.2. The van der Waals surface area contributed by atoms with Gasteiger partial charge in [0.05, 0.1) is 11.7 Å². The molecule has 21 heavy (non-hydrogen) atoms. The molecule has 0 atom stereocenters. The number of carbonyl (C=O) groups excluding carboxylic acids is 1. The molecule has 6 nitrogen and oxygen atoms in total. The van der Waals surface area contributed by atoms with E-state index in [1.165, 1.54) is 12.8 Å². The molecular formula is C15H16N4O2. The molecule has 1 aromatic heterocycles. The summed E-state index contributed by atoms with van der Waals surface area (Å²) in [4.78, 5) is 13.6. The van der Waals surface area contributed by atoms with Crippen LogP contribution in [0.3, 0.4) is 0 Å².